The van der Waals surface area contributed by atoms with Crippen molar-refractivity contribution in [3.8, 4) is 0 Å². The van der Waals surface area contributed by atoms with E-state index in [0.29, 0.717) is 5.69 Å². The molecule has 0 bridgehead atoms. The van der Waals surface area contributed by atoms with Crippen LogP contribution in [0.25, 0.3) is 0 Å². The fraction of sp³-hybridized carbons (Fsp3) is 0.300. The number of fused-ring (bicyclic) bond motifs is 1. The van der Waals surface area contributed by atoms with Crippen LogP contribution in [0.4, 0.5) is 10.5 Å². The van der Waals surface area contributed by atoms with Crippen molar-refractivity contribution < 1.29 is 13.2 Å². The molecule has 0 saturated carbocycles. The van der Waals surface area contributed by atoms with Crippen LogP contribution in [0.15, 0.2) is 23.1 Å². The van der Waals surface area contributed by atoms with E-state index in [1.54, 1.807) is 26.0 Å². The lowest BCUT2D eigenvalue weighted by Crippen LogP contribution is -2.43. The minimum absolute atomic E-state index is 0.127. The van der Waals surface area contributed by atoms with Gasteiger partial charge in [-0.25, -0.2) is 17.5 Å². The van der Waals surface area contributed by atoms with Crippen LogP contribution in [0.1, 0.15) is 12.5 Å². The highest BCUT2D eigenvalue weighted by Crippen LogP contribution is 2.31. The number of anilines is 1. The number of amides is 2. The van der Waals surface area contributed by atoms with Crippen LogP contribution in [-0.2, 0) is 10.0 Å². The van der Waals surface area contributed by atoms with Crippen molar-refractivity contribution >= 4 is 21.7 Å². The third-order valence-electron chi connectivity index (χ3n) is 2.55. The summed E-state index contributed by atoms with van der Waals surface area (Å²) in [6, 6.07) is 4.33. The SMILES string of the molecule is CCN1C(=O)Nc2c(C)cccc2S1(=O)=O. The number of para-hydroxylation sites is 1. The summed E-state index contributed by atoms with van der Waals surface area (Å²) >= 11 is 0. The van der Waals surface area contributed by atoms with Crippen LogP contribution < -0.4 is 5.32 Å². The number of rotatable bonds is 1. The molecule has 0 spiro atoms. The van der Waals surface area contributed by atoms with Gasteiger partial charge in [-0.05, 0) is 25.5 Å². The molecule has 1 aromatic carbocycles. The fourth-order valence-corrected chi connectivity index (χ4v) is 3.29. The van der Waals surface area contributed by atoms with E-state index < -0.39 is 16.1 Å². The van der Waals surface area contributed by atoms with E-state index in [9.17, 15) is 13.2 Å². The zero-order valence-corrected chi connectivity index (χ0v) is 9.84. The third kappa shape index (κ3) is 1.37. The van der Waals surface area contributed by atoms with E-state index in [-0.39, 0.29) is 11.4 Å². The van der Waals surface area contributed by atoms with E-state index in [2.05, 4.69) is 5.32 Å². The molecule has 0 atom stereocenters. The molecular formula is C10H12N2O3S. The molecule has 1 heterocycles. The Balaban J connectivity index is 2.72. The van der Waals surface area contributed by atoms with Crippen LogP contribution in [0, 0.1) is 6.92 Å². The smallest absolute Gasteiger partial charge is 0.305 e. The molecule has 1 aliphatic heterocycles. The van der Waals surface area contributed by atoms with Gasteiger partial charge >= 0.3 is 6.03 Å². The highest BCUT2D eigenvalue weighted by molar-refractivity contribution is 7.90. The van der Waals surface area contributed by atoms with Crippen LogP contribution >= 0.6 is 0 Å². The molecule has 0 fully saturated rings. The average molecular weight is 240 g/mol. The number of sulfonamides is 1. The van der Waals surface area contributed by atoms with Crippen LogP contribution in [0.5, 0.6) is 0 Å². The number of urea groups is 1. The summed E-state index contributed by atoms with van der Waals surface area (Å²) in [6.07, 6.45) is 0. The zero-order valence-electron chi connectivity index (χ0n) is 9.02. The lowest BCUT2D eigenvalue weighted by atomic mass is 10.2. The second-order valence-corrected chi connectivity index (χ2v) is 5.38. The number of carbonyl (C=O) groups is 1. The Morgan fingerprint density at radius 2 is 2.06 bits per heavy atom. The number of hydrogen-bond acceptors (Lipinski definition) is 3. The molecule has 16 heavy (non-hydrogen) atoms. The molecule has 6 heteroatoms. The first-order chi connectivity index (χ1) is 7.48. The quantitative estimate of drug-likeness (QED) is 0.809. The molecule has 0 unspecified atom stereocenters. The van der Waals surface area contributed by atoms with Gasteiger partial charge in [0.1, 0.15) is 4.90 Å². The number of hydrogen-bond donors (Lipinski definition) is 1. The van der Waals surface area contributed by atoms with Gasteiger partial charge in [0, 0.05) is 6.54 Å². The fourth-order valence-electron chi connectivity index (χ4n) is 1.73. The number of carbonyl (C=O) groups excluding carboxylic acids is 1. The van der Waals surface area contributed by atoms with Gasteiger partial charge in [-0.3, -0.25) is 0 Å². The van der Waals surface area contributed by atoms with E-state index >= 15 is 0 Å². The third-order valence-corrected chi connectivity index (χ3v) is 4.45. The highest BCUT2D eigenvalue weighted by Gasteiger charge is 2.35. The van der Waals surface area contributed by atoms with Crippen molar-refractivity contribution in [1.82, 2.24) is 4.31 Å². The van der Waals surface area contributed by atoms with Gasteiger partial charge in [0.05, 0.1) is 5.69 Å². The topological polar surface area (TPSA) is 66.5 Å². The minimum atomic E-state index is -3.68. The van der Waals surface area contributed by atoms with E-state index in [1.807, 2.05) is 0 Å². The average Bonchev–Trinajstić information content (AvgIpc) is 2.20. The molecular weight excluding hydrogens is 228 g/mol. The standard InChI is InChI=1S/C10H12N2O3S/c1-3-12-10(13)11-9-7(2)5-4-6-8(9)16(12,14)15/h4-6H,3H2,1-2H3,(H,11,13). The molecule has 1 aliphatic rings. The summed E-state index contributed by atoms with van der Waals surface area (Å²) in [4.78, 5) is 11.8. The molecule has 86 valence electrons. The number of nitrogens with one attached hydrogen (secondary N) is 1. The van der Waals surface area contributed by atoms with Crippen molar-refractivity contribution in [3.63, 3.8) is 0 Å². The monoisotopic (exact) mass is 240 g/mol. The van der Waals surface area contributed by atoms with Gasteiger partial charge in [-0.1, -0.05) is 12.1 Å². The number of nitrogens with zero attached hydrogens (tertiary/aromatic N) is 1. The zero-order chi connectivity index (χ0) is 11.9. The summed E-state index contributed by atoms with van der Waals surface area (Å²) in [6.45, 7) is 3.51. The van der Waals surface area contributed by atoms with Gasteiger partial charge in [0.2, 0.25) is 0 Å². The van der Waals surface area contributed by atoms with E-state index in [4.69, 9.17) is 0 Å². The summed E-state index contributed by atoms with van der Waals surface area (Å²) < 4.78 is 25.0. The van der Waals surface area contributed by atoms with Crippen LogP contribution in [0.2, 0.25) is 0 Å². The maximum absolute atomic E-state index is 12.1. The summed E-state index contributed by atoms with van der Waals surface area (Å²) in [7, 11) is -3.68. The maximum atomic E-state index is 12.1. The Morgan fingerprint density at radius 3 is 2.69 bits per heavy atom. The van der Waals surface area contributed by atoms with Crippen molar-refractivity contribution in [1.29, 1.82) is 0 Å². The van der Waals surface area contributed by atoms with Crippen LogP contribution in [-0.4, -0.2) is 25.3 Å². The Kier molecular flexibility index (Phi) is 2.38. The molecule has 5 nitrogen and oxygen atoms in total. The first-order valence-electron chi connectivity index (χ1n) is 4.92. The lowest BCUT2D eigenvalue weighted by molar-refractivity contribution is 0.236. The largest absolute Gasteiger partial charge is 0.335 e. The molecule has 1 aromatic rings. The Bertz CT molecular complexity index is 551. The van der Waals surface area contributed by atoms with Gasteiger partial charge < -0.3 is 5.32 Å². The number of benzene rings is 1. The minimum Gasteiger partial charge on any atom is -0.305 e. The summed E-state index contributed by atoms with van der Waals surface area (Å²) in [5.74, 6) is 0. The van der Waals surface area contributed by atoms with Crippen molar-refractivity contribution in [2.75, 3.05) is 11.9 Å². The Morgan fingerprint density at radius 1 is 1.38 bits per heavy atom. The second kappa shape index (κ2) is 3.48. The van der Waals surface area contributed by atoms with Crippen LogP contribution in [0.3, 0.4) is 0 Å². The molecule has 2 amide bonds. The van der Waals surface area contributed by atoms with E-state index in [1.165, 1.54) is 6.07 Å². The van der Waals surface area contributed by atoms with Gasteiger partial charge in [-0.2, -0.15) is 0 Å². The summed E-state index contributed by atoms with van der Waals surface area (Å²) in [5, 5.41) is 2.59. The van der Waals surface area contributed by atoms with Crippen molar-refractivity contribution in [2.45, 2.75) is 18.7 Å². The Hall–Kier alpha value is -1.56. The molecule has 0 aliphatic carbocycles. The van der Waals surface area contributed by atoms with Crippen molar-refractivity contribution in [2.24, 2.45) is 0 Å². The predicted octanol–water partition coefficient (Wildman–Crippen LogP) is 1.55. The van der Waals surface area contributed by atoms with Gasteiger partial charge in [0.15, 0.2) is 0 Å². The first kappa shape index (κ1) is 10.9. The maximum Gasteiger partial charge on any atom is 0.335 e. The molecule has 1 N–H and O–H groups in total. The molecule has 2 rings (SSSR count). The second-order valence-electron chi connectivity index (χ2n) is 3.55. The lowest BCUT2D eigenvalue weighted by Gasteiger charge is -2.28. The normalized spacial score (nSPS) is 17.9. The first-order valence-corrected chi connectivity index (χ1v) is 6.36. The molecule has 0 radical (unpaired) electrons. The molecule has 0 saturated heterocycles. The van der Waals surface area contributed by atoms with Crippen molar-refractivity contribution in [3.05, 3.63) is 23.8 Å². The predicted molar refractivity (Wildman–Crippen MR) is 59.8 cm³/mol. The van der Waals surface area contributed by atoms with E-state index in [0.717, 1.165) is 9.87 Å². The van der Waals surface area contributed by atoms with Gasteiger partial charge in [-0.15, -0.1) is 0 Å². The number of aryl methyl sites for hydroxylation is 1. The van der Waals surface area contributed by atoms with Gasteiger partial charge in [0.25, 0.3) is 10.0 Å². The summed E-state index contributed by atoms with van der Waals surface area (Å²) in [5.41, 5.74) is 1.13. The molecule has 0 aromatic heterocycles. The Labute approximate surface area is 94.1 Å². The highest BCUT2D eigenvalue weighted by atomic mass is 32.2.